The number of nitrogens with one attached hydrogen (secondary N) is 1. The van der Waals surface area contributed by atoms with Gasteiger partial charge in [-0.2, -0.15) is 17.0 Å². The van der Waals surface area contributed by atoms with E-state index in [1.54, 1.807) is 11.8 Å². The molecule has 1 rings (SSSR count). The molecule has 19 heavy (non-hydrogen) atoms. The predicted molar refractivity (Wildman–Crippen MR) is 77.9 cm³/mol. The van der Waals surface area contributed by atoms with E-state index >= 15 is 0 Å². The minimum absolute atomic E-state index is 0.0826. The highest BCUT2D eigenvalue weighted by molar-refractivity contribution is 7.99. The van der Waals surface area contributed by atoms with E-state index in [0.29, 0.717) is 24.7 Å². The van der Waals surface area contributed by atoms with Crippen molar-refractivity contribution in [2.45, 2.75) is 51.7 Å². The highest BCUT2D eigenvalue weighted by Crippen LogP contribution is 2.27. The van der Waals surface area contributed by atoms with Crippen LogP contribution >= 0.6 is 11.8 Å². The highest BCUT2D eigenvalue weighted by Gasteiger charge is 2.35. The lowest BCUT2D eigenvalue weighted by Gasteiger charge is -2.21. The zero-order chi connectivity index (χ0) is 14.3. The van der Waals surface area contributed by atoms with Crippen LogP contribution in [0.25, 0.3) is 0 Å². The molecule has 1 aliphatic heterocycles. The zero-order valence-corrected chi connectivity index (χ0v) is 12.9. The molecule has 1 fully saturated rings. The zero-order valence-electron chi connectivity index (χ0n) is 12.1. The summed E-state index contributed by atoms with van der Waals surface area (Å²) in [6.45, 7) is 6.76. The van der Waals surface area contributed by atoms with E-state index in [-0.39, 0.29) is 12.0 Å². The molecule has 0 bridgehead atoms. The van der Waals surface area contributed by atoms with Gasteiger partial charge in [0.25, 0.3) is 0 Å². The van der Waals surface area contributed by atoms with Crippen LogP contribution in [0.2, 0.25) is 0 Å². The molecular formula is C14H24N2O2S. The van der Waals surface area contributed by atoms with E-state index in [2.05, 4.69) is 25.2 Å². The summed E-state index contributed by atoms with van der Waals surface area (Å²) in [6.07, 6.45) is 2.25. The molecular weight excluding hydrogens is 260 g/mol. The van der Waals surface area contributed by atoms with Gasteiger partial charge in [-0.1, -0.05) is 13.8 Å². The van der Waals surface area contributed by atoms with Crippen molar-refractivity contribution in [1.29, 1.82) is 5.26 Å². The van der Waals surface area contributed by atoms with Crippen LogP contribution in [0.1, 0.15) is 40.0 Å². The number of rotatable bonds is 7. The Balaban J connectivity index is 2.23. The average molecular weight is 284 g/mol. The first-order valence-electron chi connectivity index (χ1n) is 6.89. The highest BCUT2D eigenvalue weighted by atomic mass is 32.2. The molecule has 0 radical (unpaired) electrons. The summed E-state index contributed by atoms with van der Waals surface area (Å²) in [5, 5.41) is 12.0. The fourth-order valence-corrected chi connectivity index (χ4v) is 3.46. The van der Waals surface area contributed by atoms with E-state index in [1.165, 1.54) is 0 Å². The second-order valence-corrected chi connectivity index (χ2v) is 6.71. The van der Waals surface area contributed by atoms with Gasteiger partial charge in [-0.25, -0.2) is 0 Å². The van der Waals surface area contributed by atoms with Gasteiger partial charge < -0.3 is 10.1 Å². The number of carbonyl (C=O) groups excluding carboxylic acids is 1. The Bertz CT molecular complexity index is 333. The number of thioether (sulfide) groups is 1. The van der Waals surface area contributed by atoms with E-state index in [0.717, 1.165) is 18.6 Å². The molecule has 0 saturated carbocycles. The number of ether oxygens (including phenoxy) is 1. The van der Waals surface area contributed by atoms with Crippen LogP contribution in [-0.4, -0.2) is 35.7 Å². The van der Waals surface area contributed by atoms with Crippen LogP contribution in [-0.2, 0) is 9.53 Å². The average Bonchev–Trinajstić information content (AvgIpc) is 2.77. The van der Waals surface area contributed by atoms with Crippen molar-refractivity contribution in [3.63, 3.8) is 0 Å². The predicted octanol–water partition coefficient (Wildman–Crippen LogP) is 2.34. The first-order valence-corrected chi connectivity index (χ1v) is 8.04. The maximum absolute atomic E-state index is 11.8. The van der Waals surface area contributed by atoms with Crippen LogP contribution in [0, 0.1) is 17.2 Å². The lowest BCUT2D eigenvalue weighted by atomic mass is 10.0. The van der Waals surface area contributed by atoms with Crippen molar-refractivity contribution in [3.05, 3.63) is 0 Å². The number of nitrogens with zero attached hydrogens (tertiary/aromatic N) is 1. The van der Waals surface area contributed by atoms with Crippen LogP contribution in [0.5, 0.6) is 0 Å². The van der Waals surface area contributed by atoms with E-state index < -0.39 is 5.54 Å². The van der Waals surface area contributed by atoms with Gasteiger partial charge in [0.1, 0.15) is 5.54 Å². The number of amides is 1. The topological polar surface area (TPSA) is 62.1 Å². The summed E-state index contributed by atoms with van der Waals surface area (Å²) in [4.78, 5) is 11.8. The molecule has 0 unspecified atom stereocenters. The minimum Gasteiger partial charge on any atom is -0.378 e. The standard InChI is InChI=1S/C14H24N2O2S/c1-11(2)8-12(3)18-6-4-13(17)16-14(9-15)5-7-19-10-14/h11-12H,4-8,10H2,1-3H3,(H,16,17)/t12-,14+/m1/s1. The summed E-state index contributed by atoms with van der Waals surface area (Å²) in [7, 11) is 0. The molecule has 1 amide bonds. The molecule has 0 spiro atoms. The third-order valence-corrected chi connectivity index (χ3v) is 4.34. The van der Waals surface area contributed by atoms with Gasteiger partial charge in [0.05, 0.1) is 25.2 Å². The van der Waals surface area contributed by atoms with E-state index in [4.69, 9.17) is 10.00 Å². The monoisotopic (exact) mass is 284 g/mol. The molecule has 108 valence electrons. The van der Waals surface area contributed by atoms with Crippen LogP contribution in [0.3, 0.4) is 0 Å². The SMILES string of the molecule is CC(C)C[C@@H](C)OCCC(=O)N[C@]1(C#N)CCSC1. The van der Waals surface area contributed by atoms with Crippen molar-refractivity contribution in [2.75, 3.05) is 18.1 Å². The van der Waals surface area contributed by atoms with Crippen molar-refractivity contribution in [1.82, 2.24) is 5.32 Å². The fraction of sp³-hybridized carbons (Fsp3) is 0.857. The Kier molecular flexibility index (Phi) is 6.67. The van der Waals surface area contributed by atoms with Crippen LogP contribution in [0.4, 0.5) is 0 Å². The minimum atomic E-state index is -0.648. The Morgan fingerprint density at radius 1 is 1.53 bits per heavy atom. The first-order chi connectivity index (χ1) is 8.97. The van der Waals surface area contributed by atoms with Gasteiger partial charge in [0.15, 0.2) is 0 Å². The van der Waals surface area contributed by atoms with Gasteiger partial charge in [0, 0.05) is 5.75 Å². The summed E-state index contributed by atoms with van der Waals surface area (Å²) in [5.74, 6) is 2.15. The van der Waals surface area contributed by atoms with Crippen LogP contribution < -0.4 is 5.32 Å². The number of hydrogen-bond donors (Lipinski definition) is 1. The second-order valence-electron chi connectivity index (χ2n) is 5.61. The third-order valence-electron chi connectivity index (χ3n) is 3.15. The van der Waals surface area contributed by atoms with E-state index in [1.807, 2.05) is 6.92 Å². The summed E-state index contributed by atoms with van der Waals surface area (Å²) < 4.78 is 5.61. The Morgan fingerprint density at radius 2 is 2.26 bits per heavy atom. The number of hydrogen-bond acceptors (Lipinski definition) is 4. The molecule has 1 saturated heterocycles. The summed E-state index contributed by atoms with van der Waals surface area (Å²) in [6, 6.07) is 2.24. The maximum atomic E-state index is 11.8. The van der Waals surface area contributed by atoms with Crippen molar-refractivity contribution >= 4 is 17.7 Å². The summed E-state index contributed by atoms with van der Waals surface area (Å²) >= 11 is 1.71. The molecule has 1 N–H and O–H groups in total. The maximum Gasteiger partial charge on any atom is 0.223 e. The number of carbonyl (C=O) groups is 1. The van der Waals surface area contributed by atoms with Gasteiger partial charge in [-0.3, -0.25) is 4.79 Å². The lowest BCUT2D eigenvalue weighted by Crippen LogP contribution is -2.47. The molecule has 0 aromatic carbocycles. The van der Waals surface area contributed by atoms with Gasteiger partial charge in [0.2, 0.25) is 5.91 Å². The quantitative estimate of drug-likeness (QED) is 0.779. The molecule has 0 aromatic heterocycles. The largest absolute Gasteiger partial charge is 0.378 e. The molecule has 1 heterocycles. The fourth-order valence-electron chi connectivity index (χ4n) is 2.19. The molecule has 5 heteroatoms. The second kappa shape index (κ2) is 7.76. The Hall–Kier alpha value is -0.730. The van der Waals surface area contributed by atoms with Crippen molar-refractivity contribution in [2.24, 2.45) is 5.92 Å². The Morgan fingerprint density at radius 3 is 2.79 bits per heavy atom. The van der Waals surface area contributed by atoms with Crippen molar-refractivity contribution in [3.8, 4) is 6.07 Å². The number of nitriles is 1. The van der Waals surface area contributed by atoms with Crippen molar-refractivity contribution < 1.29 is 9.53 Å². The van der Waals surface area contributed by atoms with Gasteiger partial charge in [-0.15, -0.1) is 0 Å². The molecule has 2 atom stereocenters. The first kappa shape index (κ1) is 16.3. The Labute approximate surface area is 120 Å². The third kappa shape index (κ3) is 5.84. The molecule has 1 aliphatic rings. The smallest absolute Gasteiger partial charge is 0.223 e. The van der Waals surface area contributed by atoms with Gasteiger partial charge in [-0.05, 0) is 31.4 Å². The molecule has 4 nitrogen and oxygen atoms in total. The van der Waals surface area contributed by atoms with Gasteiger partial charge >= 0.3 is 0 Å². The lowest BCUT2D eigenvalue weighted by molar-refractivity contribution is -0.123. The summed E-state index contributed by atoms with van der Waals surface area (Å²) in [5.41, 5.74) is -0.648. The van der Waals surface area contributed by atoms with Crippen LogP contribution in [0.15, 0.2) is 0 Å². The molecule has 0 aromatic rings. The molecule has 0 aliphatic carbocycles. The van der Waals surface area contributed by atoms with E-state index in [9.17, 15) is 4.79 Å². The normalized spacial score (nSPS) is 24.2.